The van der Waals surface area contributed by atoms with Crippen LogP contribution in [0.2, 0.25) is 0 Å². The van der Waals surface area contributed by atoms with Gasteiger partial charge in [0.25, 0.3) is 0 Å². The Morgan fingerprint density at radius 2 is 2.16 bits per heavy atom. The summed E-state index contributed by atoms with van der Waals surface area (Å²) in [5.74, 6) is -0.663. The van der Waals surface area contributed by atoms with Crippen LogP contribution < -0.4 is 5.32 Å². The van der Waals surface area contributed by atoms with Gasteiger partial charge in [0.1, 0.15) is 0 Å². The smallest absolute Gasteiger partial charge is 0.356 e. The number of carboxylic acid groups (broad SMARTS) is 1. The number of rotatable bonds is 5. The van der Waals surface area contributed by atoms with Crippen LogP contribution in [0.5, 0.6) is 0 Å². The Hall–Kier alpha value is -2.11. The summed E-state index contributed by atoms with van der Waals surface area (Å²) in [6.07, 6.45) is 2.27. The van der Waals surface area contributed by atoms with Gasteiger partial charge in [0.2, 0.25) is 0 Å². The lowest BCUT2D eigenvalue weighted by atomic mass is 10.1. The summed E-state index contributed by atoms with van der Waals surface area (Å²) < 4.78 is 0. The molecule has 0 unspecified atom stereocenters. The van der Waals surface area contributed by atoms with Gasteiger partial charge >= 0.3 is 12.0 Å². The molecule has 0 spiro atoms. The maximum absolute atomic E-state index is 11.9. The second-order valence-corrected chi connectivity index (χ2v) is 4.74. The third-order valence-corrected chi connectivity index (χ3v) is 2.64. The Morgan fingerprint density at radius 3 is 2.74 bits per heavy atom. The van der Waals surface area contributed by atoms with Gasteiger partial charge in [-0.1, -0.05) is 13.8 Å². The molecule has 0 aliphatic rings. The number of pyridine rings is 1. The summed E-state index contributed by atoms with van der Waals surface area (Å²) in [7, 11) is 1.68. The van der Waals surface area contributed by atoms with E-state index in [0.29, 0.717) is 12.5 Å². The number of aromatic carboxylic acids is 1. The highest BCUT2D eigenvalue weighted by Crippen LogP contribution is 2.13. The molecule has 0 aliphatic heterocycles. The molecule has 1 aromatic heterocycles. The predicted octanol–water partition coefficient (Wildman–Crippen LogP) is 2.29. The number of hydrogen-bond acceptors (Lipinski definition) is 3. The van der Waals surface area contributed by atoms with Crippen LogP contribution in [0, 0.1) is 5.92 Å². The number of carbonyl (C=O) groups excluding carboxylic acids is 1. The lowest BCUT2D eigenvalue weighted by Gasteiger charge is -2.19. The van der Waals surface area contributed by atoms with Crippen molar-refractivity contribution in [1.82, 2.24) is 9.88 Å². The summed E-state index contributed by atoms with van der Waals surface area (Å²) in [6, 6.07) is 2.76. The Kier molecular flexibility index (Phi) is 5.29. The van der Waals surface area contributed by atoms with Gasteiger partial charge in [0.05, 0.1) is 5.69 Å². The number of hydrogen-bond donors (Lipinski definition) is 2. The van der Waals surface area contributed by atoms with E-state index < -0.39 is 5.97 Å². The van der Waals surface area contributed by atoms with Crippen LogP contribution in [0.3, 0.4) is 0 Å². The second-order valence-electron chi connectivity index (χ2n) is 4.74. The van der Waals surface area contributed by atoms with Crippen molar-refractivity contribution in [2.45, 2.75) is 20.3 Å². The number of urea groups is 1. The Morgan fingerprint density at radius 1 is 1.47 bits per heavy atom. The molecule has 19 heavy (non-hydrogen) atoms. The van der Waals surface area contributed by atoms with E-state index >= 15 is 0 Å². The number of anilines is 1. The van der Waals surface area contributed by atoms with Crippen LogP contribution in [-0.2, 0) is 0 Å². The van der Waals surface area contributed by atoms with Crippen LogP contribution in [0.1, 0.15) is 30.8 Å². The summed E-state index contributed by atoms with van der Waals surface area (Å²) in [4.78, 5) is 28.1. The molecule has 0 radical (unpaired) electrons. The molecule has 6 nitrogen and oxygen atoms in total. The third kappa shape index (κ3) is 4.57. The van der Waals surface area contributed by atoms with Crippen LogP contribution in [0.15, 0.2) is 18.3 Å². The van der Waals surface area contributed by atoms with Gasteiger partial charge in [-0.25, -0.2) is 14.6 Å². The number of carbonyl (C=O) groups is 2. The van der Waals surface area contributed by atoms with Crippen molar-refractivity contribution in [1.29, 1.82) is 0 Å². The lowest BCUT2D eigenvalue weighted by Crippen LogP contribution is -2.33. The minimum Gasteiger partial charge on any atom is -0.476 e. The Bertz CT molecular complexity index is 460. The fourth-order valence-electron chi connectivity index (χ4n) is 1.44. The monoisotopic (exact) mass is 265 g/mol. The van der Waals surface area contributed by atoms with Crippen molar-refractivity contribution in [3.63, 3.8) is 0 Å². The number of amides is 2. The molecular formula is C13H19N3O3. The number of aromatic nitrogens is 1. The van der Waals surface area contributed by atoms with E-state index in [2.05, 4.69) is 24.1 Å². The molecule has 2 amide bonds. The number of nitrogens with zero attached hydrogens (tertiary/aromatic N) is 2. The zero-order valence-electron chi connectivity index (χ0n) is 11.4. The van der Waals surface area contributed by atoms with E-state index in [4.69, 9.17) is 5.11 Å². The second kappa shape index (κ2) is 6.72. The number of carboxylic acids is 1. The highest BCUT2D eigenvalue weighted by atomic mass is 16.4. The van der Waals surface area contributed by atoms with Crippen LogP contribution >= 0.6 is 0 Å². The van der Waals surface area contributed by atoms with Crippen LogP contribution in [0.25, 0.3) is 0 Å². The molecule has 0 saturated heterocycles. The molecule has 0 bridgehead atoms. The van der Waals surface area contributed by atoms with E-state index in [-0.39, 0.29) is 17.4 Å². The largest absolute Gasteiger partial charge is 0.476 e. The molecule has 2 N–H and O–H groups in total. The maximum Gasteiger partial charge on any atom is 0.356 e. The van der Waals surface area contributed by atoms with Gasteiger partial charge in [-0.3, -0.25) is 0 Å². The number of nitrogens with one attached hydrogen (secondary N) is 1. The minimum atomic E-state index is -1.17. The molecule has 0 saturated carbocycles. The third-order valence-electron chi connectivity index (χ3n) is 2.64. The summed E-state index contributed by atoms with van der Waals surface area (Å²) in [5.41, 5.74) is 0.0458. The van der Waals surface area contributed by atoms with E-state index in [1.807, 2.05) is 0 Å². The summed E-state index contributed by atoms with van der Waals surface area (Å²) in [5, 5.41) is 11.5. The Balaban J connectivity index is 2.69. The fraction of sp³-hybridized carbons (Fsp3) is 0.462. The van der Waals surface area contributed by atoms with E-state index in [1.165, 1.54) is 17.2 Å². The standard InChI is InChI=1S/C13H19N3O3/c1-9(2)6-8-16(3)13(19)15-10-5-4-7-14-11(10)12(17)18/h4-5,7,9H,6,8H2,1-3H3,(H,15,19)(H,17,18). The molecular weight excluding hydrogens is 246 g/mol. The first-order valence-corrected chi connectivity index (χ1v) is 6.12. The molecule has 0 aliphatic carbocycles. The minimum absolute atomic E-state index is 0.159. The van der Waals surface area contributed by atoms with Crippen molar-refractivity contribution in [2.75, 3.05) is 18.9 Å². The SMILES string of the molecule is CC(C)CCN(C)C(=O)Nc1cccnc1C(=O)O. The maximum atomic E-state index is 11.9. The summed E-state index contributed by atoms with van der Waals surface area (Å²) >= 11 is 0. The van der Waals surface area contributed by atoms with Crippen LogP contribution in [0.4, 0.5) is 10.5 Å². The van der Waals surface area contributed by atoms with Gasteiger partial charge in [-0.05, 0) is 24.5 Å². The predicted molar refractivity (Wildman–Crippen MR) is 72.3 cm³/mol. The van der Waals surface area contributed by atoms with Gasteiger partial charge in [0, 0.05) is 19.8 Å². The quantitative estimate of drug-likeness (QED) is 0.855. The molecule has 104 valence electrons. The van der Waals surface area contributed by atoms with Crippen molar-refractivity contribution in [3.05, 3.63) is 24.0 Å². The average Bonchev–Trinajstić information content (AvgIpc) is 2.36. The lowest BCUT2D eigenvalue weighted by molar-refractivity contribution is 0.0691. The Labute approximate surface area is 112 Å². The highest BCUT2D eigenvalue weighted by molar-refractivity contribution is 5.98. The first kappa shape index (κ1) is 14.9. The molecule has 1 aromatic rings. The van der Waals surface area contributed by atoms with Crippen molar-refractivity contribution < 1.29 is 14.7 Å². The van der Waals surface area contributed by atoms with Gasteiger partial charge in [0.15, 0.2) is 5.69 Å². The first-order valence-electron chi connectivity index (χ1n) is 6.12. The van der Waals surface area contributed by atoms with E-state index in [9.17, 15) is 9.59 Å². The normalized spacial score (nSPS) is 10.3. The summed E-state index contributed by atoms with van der Waals surface area (Å²) in [6.45, 7) is 4.77. The molecule has 0 fully saturated rings. The molecule has 1 heterocycles. The van der Waals surface area contributed by atoms with Crippen molar-refractivity contribution in [3.8, 4) is 0 Å². The van der Waals surface area contributed by atoms with Crippen LogP contribution in [-0.4, -0.2) is 40.6 Å². The van der Waals surface area contributed by atoms with Crippen molar-refractivity contribution >= 4 is 17.7 Å². The zero-order valence-corrected chi connectivity index (χ0v) is 11.4. The molecule has 6 heteroatoms. The highest BCUT2D eigenvalue weighted by Gasteiger charge is 2.15. The van der Waals surface area contributed by atoms with Crippen molar-refractivity contribution in [2.24, 2.45) is 5.92 Å². The van der Waals surface area contributed by atoms with Gasteiger partial charge < -0.3 is 15.3 Å². The molecule has 0 atom stereocenters. The topological polar surface area (TPSA) is 82.5 Å². The first-order chi connectivity index (χ1) is 8.91. The molecule has 0 aromatic carbocycles. The van der Waals surface area contributed by atoms with E-state index in [0.717, 1.165) is 6.42 Å². The van der Waals surface area contributed by atoms with Gasteiger partial charge in [-0.2, -0.15) is 0 Å². The zero-order chi connectivity index (χ0) is 14.4. The fourth-order valence-corrected chi connectivity index (χ4v) is 1.44. The average molecular weight is 265 g/mol. The van der Waals surface area contributed by atoms with E-state index in [1.54, 1.807) is 13.1 Å². The van der Waals surface area contributed by atoms with Gasteiger partial charge in [-0.15, -0.1) is 0 Å². The molecule has 1 rings (SSSR count).